The molecular formula is C12H12BNO2. The van der Waals surface area contributed by atoms with Gasteiger partial charge in [0.15, 0.2) is 0 Å². The van der Waals surface area contributed by atoms with Crippen molar-refractivity contribution in [3.05, 3.63) is 48.8 Å². The molecule has 0 saturated heterocycles. The standard InChI is InChI=1S/C12H12BNO2/c1-16-12-7-8-14-9-11(12)13(15)10-5-3-2-4-6-10/h2-9,15H,1H3. The van der Waals surface area contributed by atoms with Crippen molar-refractivity contribution in [2.75, 3.05) is 7.11 Å². The Morgan fingerprint density at radius 1 is 1.19 bits per heavy atom. The molecule has 1 heterocycles. The van der Waals surface area contributed by atoms with Crippen LogP contribution in [0.25, 0.3) is 0 Å². The lowest BCUT2D eigenvalue weighted by Crippen LogP contribution is -2.43. The van der Waals surface area contributed by atoms with Gasteiger partial charge >= 0.3 is 6.92 Å². The summed E-state index contributed by atoms with van der Waals surface area (Å²) in [7, 11) is 1.58. The van der Waals surface area contributed by atoms with Gasteiger partial charge in [-0.05, 0) is 11.5 Å². The van der Waals surface area contributed by atoms with E-state index in [1.807, 2.05) is 30.3 Å². The molecule has 2 rings (SSSR count). The van der Waals surface area contributed by atoms with Crippen LogP contribution in [0.1, 0.15) is 0 Å². The average Bonchev–Trinajstić information content (AvgIpc) is 2.39. The Balaban J connectivity index is 2.37. The van der Waals surface area contributed by atoms with Gasteiger partial charge in [-0.25, -0.2) is 0 Å². The number of hydrogen-bond donors (Lipinski definition) is 1. The smallest absolute Gasteiger partial charge is 0.364 e. The zero-order chi connectivity index (χ0) is 11.4. The van der Waals surface area contributed by atoms with Crippen molar-refractivity contribution >= 4 is 17.8 Å². The van der Waals surface area contributed by atoms with Crippen molar-refractivity contribution < 1.29 is 9.76 Å². The van der Waals surface area contributed by atoms with Gasteiger partial charge < -0.3 is 9.76 Å². The van der Waals surface area contributed by atoms with E-state index in [0.29, 0.717) is 11.2 Å². The monoisotopic (exact) mass is 213 g/mol. The molecule has 0 saturated carbocycles. The van der Waals surface area contributed by atoms with E-state index in [1.165, 1.54) is 0 Å². The summed E-state index contributed by atoms with van der Waals surface area (Å²) >= 11 is 0. The van der Waals surface area contributed by atoms with E-state index in [-0.39, 0.29) is 0 Å². The van der Waals surface area contributed by atoms with Gasteiger partial charge in [0, 0.05) is 17.9 Å². The van der Waals surface area contributed by atoms with Gasteiger partial charge in [0.05, 0.1) is 7.11 Å². The van der Waals surface area contributed by atoms with E-state index in [9.17, 15) is 5.02 Å². The zero-order valence-corrected chi connectivity index (χ0v) is 9.00. The van der Waals surface area contributed by atoms with Crippen LogP contribution in [-0.4, -0.2) is 24.0 Å². The van der Waals surface area contributed by atoms with Gasteiger partial charge in [0.2, 0.25) is 0 Å². The molecule has 0 aliphatic rings. The lowest BCUT2D eigenvalue weighted by molar-refractivity contribution is 0.416. The molecule has 0 aliphatic heterocycles. The Labute approximate surface area is 94.8 Å². The zero-order valence-electron chi connectivity index (χ0n) is 9.00. The second-order valence-electron chi connectivity index (χ2n) is 3.43. The first kappa shape index (κ1) is 10.7. The maximum atomic E-state index is 10.2. The Bertz CT molecular complexity index is 462. The van der Waals surface area contributed by atoms with Crippen molar-refractivity contribution in [3.8, 4) is 5.75 Å². The minimum atomic E-state index is -0.704. The van der Waals surface area contributed by atoms with Crippen LogP contribution in [0.4, 0.5) is 0 Å². The third-order valence-electron chi connectivity index (χ3n) is 2.44. The third kappa shape index (κ3) is 2.07. The van der Waals surface area contributed by atoms with Crippen LogP contribution in [0.15, 0.2) is 48.8 Å². The molecule has 2 aromatic rings. The van der Waals surface area contributed by atoms with Crippen LogP contribution in [0.2, 0.25) is 0 Å². The molecule has 0 fully saturated rings. The van der Waals surface area contributed by atoms with Crippen molar-refractivity contribution in [1.82, 2.24) is 4.98 Å². The summed E-state index contributed by atoms with van der Waals surface area (Å²) in [5.74, 6) is 0.645. The Kier molecular flexibility index (Phi) is 3.22. The lowest BCUT2D eigenvalue weighted by atomic mass is 9.56. The number of benzene rings is 1. The second kappa shape index (κ2) is 4.81. The van der Waals surface area contributed by atoms with Crippen molar-refractivity contribution in [2.24, 2.45) is 0 Å². The molecule has 1 aromatic carbocycles. The summed E-state index contributed by atoms with van der Waals surface area (Å²) in [4.78, 5) is 4.00. The topological polar surface area (TPSA) is 42.4 Å². The number of ether oxygens (including phenoxy) is 1. The summed E-state index contributed by atoms with van der Waals surface area (Å²) in [5.41, 5.74) is 1.50. The van der Waals surface area contributed by atoms with Crippen LogP contribution in [0.5, 0.6) is 5.75 Å². The van der Waals surface area contributed by atoms with Crippen LogP contribution in [0.3, 0.4) is 0 Å². The van der Waals surface area contributed by atoms with Gasteiger partial charge in [-0.2, -0.15) is 0 Å². The first-order valence-electron chi connectivity index (χ1n) is 5.04. The molecule has 0 aliphatic carbocycles. The van der Waals surface area contributed by atoms with E-state index in [4.69, 9.17) is 4.74 Å². The predicted molar refractivity (Wildman–Crippen MR) is 64.5 cm³/mol. The SMILES string of the molecule is COc1ccncc1B(O)c1ccccc1. The maximum Gasteiger partial charge on any atom is 0.364 e. The molecule has 16 heavy (non-hydrogen) atoms. The van der Waals surface area contributed by atoms with E-state index < -0.39 is 6.92 Å². The van der Waals surface area contributed by atoms with E-state index in [1.54, 1.807) is 25.6 Å². The first-order chi connectivity index (χ1) is 7.83. The fourth-order valence-electron chi connectivity index (χ4n) is 1.60. The number of nitrogens with zero attached hydrogens (tertiary/aromatic N) is 1. The predicted octanol–water partition coefficient (Wildman–Crippen LogP) is 0.188. The number of aromatic nitrogens is 1. The molecule has 80 valence electrons. The molecular weight excluding hydrogens is 201 g/mol. The molecule has 1 aromatic heterocycles. The highest BCUT2D eigenvalue weighted by Crippen LogP contribution is 2.04. The highest BCUT2D eigenvalue weighted by atomic mass is 16.5. The molecule has 4 heteroatoms. The quantitative estimate of drug-likeness (QED) is 0.740. The molecule has 3 nitrogen and oxygen atoms in total. The first-order valence-corrected chi connectivity index (χ1v) is 5.04. The summed E-state index contributed by atoms with van der Waals surface area (Å²) in [6, 6.07) is 11.2. The second-order valence-corrected chi connectivity index (χ2v) is 3.43. The van der Waals surface area contributed by atoms with Crippen LogP contribution in [-0.2, 0) is 0 Å². The van der Waals surface area contributed by atoms with Gasteiger partial charge in [0.1, 0.15) is 5.75 Å². The van der Waals surface area contributed by atoms with Crippen molar-refractivity contribution in [2.45, 2.75) is 0 Å². The summed E-state index contributed by atoms with van der Waals surface area (Å²) in [6.45, 7) is -0.704. The number of hydrogen-bond acceptors (Lipinski definition) is 3. The minimum absolute atomic E-state index is 0.645. The normalized spacial score (nSPS) is 9.88. The number of methoxy groups -OCH3 is 1. The fraction of sp³-hybridized carbons (Fsp3) is 0.0833. The lowest BCUT2D eigenvalue weighted by Gasteiger charge is -2.10. The molecule has 0 amide bonds. The van der Waals surface area contributed by atoms with Gasteiger partial charge in [-0.1, -0.05) is 30.3 Å². The Morgan fingerprint density at radius 3 is 2.62 bits per heavy atom. The average molecular weight is 213 g/mol. The molecule has 0 atom stereocenters. The van der Waals surface area contributed by atoms with Gasteiger partial charge in [-0.3, -0.25) is 4.98 Å². The maximum absolute atomic E-state index is 10.2. The van der Waals surface area contributed by atoms with Crippen LogP contribution < -0.4 is 15.7 Å². The van der Waals surface area contributed by atoms with E-state index in [0.717, 1.165) is 5.46 Å². The molecule has 0 radical (unpaired) electrons. The van der Waals surface area contributed by atoms with Gasteiger partial charge in [-0.15, -0.1) is 0 Å². The van der Waals surface area contributed by atoms with Gasteiger partial charge in [0.25, 0.3) is 0 Å². The Hall–Kier alpha value is -1.81. The van der Waals surface area contributed by atoms with E-state index >= 15 is 0 Å². The van der Waals surface area contributed by atoms with Crippen molar-refractivity contribution in [3.63, 3.8) is 0 Å². The molecule has 0 spiro atoms. The molecule has 0 bridgehead atoms. The number of pyridine rings is 1. The van der Waals surface area contributed by atoms with Crippen molar-refractivity contribution in [1.29, 1.82) is 0 Å². The van der Waals surface area contributed by atoms with E-state index in [2.05, 4.69) is 4.98 Å². The summed E-state index contributed by atoms with van der Waals surface area (Å²) in [6.07, 6.45) is 3.26. The molecule has 1 N–H and O–H groups in total. The minimum Gasteiger partial charge on any atom is -0.497 e. The highest BCUT2D eigenvalue weighted by Gasteiger charge is 2.20. The van der Waals surface area contributed by atoms with Crippen LogP contribution in [0, 0.1) is 0 Å². The number of rotatable bonds is 3. The van der Waals surface area contributed by atoms with Crippen LogP contribution >= 0.6 is 0 Å². The Morgan fingerprint density at radius 2 is 1.94 bits per heavy atom. The largest absolute Gasteiger partial charge is 0.497 e. The summed E-state index contributed by atoms with van der Waals surface area (Å²) < 4.78 is 5.19. The fourth-order valence-corrected chi connectivity index (χ4v) is 1.60. The third-order valence-corrected chi connectivity index (χ3v) is 2.44. The molecule has 0 unspecified atom stereocenters. The summed E-state index contributed by atoms with van der Waals surface area (Å²) in [5, 5.41) is 10.2. The highest BCUT2D eigenvalue weighted by molar-refractivity contribution is 6.79.